The van der Waals surface area contributed by atoms with Crippen LogP contribution in [0.3, 0.4) is 0 Å². The number of carbonyl (C=O) groups excluding carboxylic acids is 1. The molecule has 0 saturated carbocycles. The molecule has 0 aliphatic heterocycles. The number of primary amides is 1. The minimum atomic E-state index is -0.521. The Labute approximate surface area is 104 Å². The average Bonchev–Trinajstić information content (AvgIpc) is 2.62. The Balaban J connectivity index is 2.71. The quantitative estimate of drug-likeness (QED) is 0.690. The van der Waals surface area contributed by atoms with E-state index in [4.69, 9.17) is 11.5 Å². The van der Waals surface area contributed by atoms with Crippen molar-refractivity contribution in [2.45, 2.75) is 6.92 Å². The van der Waals surface area contributed by atoms with E-state index in [2.05, 4.69) is 15.4 Å². The molecule has 0 radical (unpaired) electrons. The van der Waals surface area contributed by atoms with Crippen LogP contribution in [0.4, 0.5) is 5.69 Å². The highest BCUT2D eigenvalue weighted by Crippen LogP contribution is 2.27. The van der Waals surface area contributed by atoms with Crippen LogP contribution in [0, 0.1) is 6.92 Å². The van der Waals surface area contributed by atoms with Gasteiger partial charge in [-0.25, -0.2) is 4.98 Å². The first kappa shape index (κ1) is 12.3. The van der Waals surface area contributed by atoms with E-state index in [-0.39, 0.29) is 0 Å². The lowest BCUT2D eigenvalue weighted by molar-refractivity contribution is 0.100. The maximum absolute atomic E-state index is 11.4. The molecule has 0 spiro atoms. The Kier molecular flexibility index (Phi) is 3.15. The smallest absolute Gasteiger partial charge is 0.252 e. The van der Waals surface area contributed by atoms with Gasteiger partial charge in [-0.05, 0) is 6.92 Å². The molecular weight excluding hydrogens is 232 g/mol. The number of aryl methyl sites for hydroxylation is 2. The van der Waals surface area contributed by atoms with Crippen molar-refractivity contribution in [1.29, 1.82) is 0 Å². The van der Waals surface area contributed by atoms with Gasteiger partial charge >= 0.3 is 0 Å². The highest BCUT2D eigenvalue weighted by atomic mass is 16.1. The van der Waals surface area contributed by atoms with Crippen LogP contribution in [0.15, 0.2) is 6.20 Å². The summed E-state index contributed by atoms with van der Waals surface area (Å²) in [5.41, 5.74) is 13.3. The highest BCUT2D eigenvalue weighted by molar-refractivity contribution is 6.06. The zero-order chi connectivity index (χ0) is 13.3. The second-order valence-corrected chi connectivity index (χ2v) is 4.03. The van der Waals surface area contributed by atoms with E-state index in [1.165, 1.54) is 6.20 Å². The van der Waals surface area contributed by atoms with Gasteiger partial charge in [0.05, 0.1) is 22.3 Å². The predicted octanol–water partition coefficient (Wildman–Crippen LogP) is -0.254. The van der Waals surface area contributed by atoms with E-state index in [1.807, 2.05) is 6.92 Å². The van der Waals surface area contributed by atoms with E-state index in [0.717, 1.165) is 11.1 Å². The fraction of sp³-hybridized carbons (Fsp3) is 0.364. The number of pyridine rings is 1. The van der Waals surface area contributed by atoms with Gasteiger partial charge in [0.2, 0.25) is 0 Å². The second-order valence-electron chi connectivity index (χ2n) is 4.03. The number of nitrogens with two attached hydrogens (primary N) is 2. The van der Waals surface area contributed by atoms with E-state index >= 15 is 0 Å². The van der Waals surface area contributed by atoms with Crippen molar-refractivity contribution in [3.8, 4) is 0 Å². The lowest BCUT2D eigenvalue weighted by Crippen LogP contribution is -2.19. The summed E-state index contributed by atoms with van der Waals surface area (Å²) in [7, 11) is 1.80. The Morgan fingerprint density at radius 2 is 2.28 bits per heavy atom. The molecule has 18 heavy (non-hydrogen) atoms. The molecule has 7 heteroatoms. The van der Waals surface area contributed by atoms with Gasteiger partial charge in [0, 0.05) is 26.3 Å². The molecule has 0 saturated heterocycles. The van der Waals surface area contributed by atoms with Crippen LogP contribution in [0.25, 0.3) is 11.0 Å². The summed E-state index contributed by atoms with van der Waals surface area (Å²) in [4.78, 5) is 15.7. The average molecular weight is 248 g/mol. The Bertz CT molecular complexity index is 603. The first-order valence-electron chi connectivity index (χ1n) is 5.62. The van der Waals surface area contributed by atoms with Gasteiger partial charge in [-0.15, -0.1) is 0 Å². The Hall–Kier alpha value is -2.15. The Morgan fingerprint density at radius 1 is 1.56 bits per heavy atom. The molecule has 2 aromatic heterocycles. The number of amides is 1. The molecule has 0 atom stereocenters. The lowest BCUT2D eigenvalue weighted by atomic mass is 10.1. The van der Waals surface area contributed by atoms with E-state index in [0.29, 0.717) is 30.0 Å². The summed E-state index contributed by atoms with van der Waals surface area (Å²) in [6.45, 7) is 2.87. The van der Waals surface area contributed by atoms with Crippen molar-refractivity contribution in [1.82, 2.24) is 14.8 Å². The molecule has 0 aliphatic carbocycles. The van der Waals surface area contributed by atoms with Crippen LogP contribution in [-0.2, 0) is 7.05 Å². The standard InChI is InChI=1S/C11H16N6O/c1-6-8-9(14-4-3-12)7(10(13)18)5-15-11(8)17(2)16-6/h5H,3-4,12H2,1-2H3,(H2,13,18)(H,14,15). The van der Waals surface area contributed by atoms with Crippen molar-refractivity contribution in [3.05, 3.63) is 17.5 Å². The van der Waals surface area contributed by atoms with Gasteiger partial charge in [0.15, 0.2) is 5.65 Å². The number of hydrogen-bond acceptors (Lipinski definition) is 5. The zero-order valence-electron chi connectivity index (χ0n) is 10.4. The maximum Gasteiger partial charge on any atom is 0.252 e. The molecule has 7 nitrogen and oxygen atoms in total. The van der Waals surface area contributed by atoms with Crippen LogP contribution in [-0.4, -0.2) is 33.8 Å². The summed E-state index contributed by atoms with van der Waals surface area (Å²) in [5.74, 6) is -0.521. The molecule has 0 fully saturated rings. The lowest BCUT2D eigenvalue weighted by Gasteiger charge is -2.10. The number of hydrogen-bond donors (Lipinski definition) is 3. The number of carbonyl (C=O) groups is 1. The molecule has 1 amide bonds. The summed E-state index contributed by atoms with van der Waals surface area (Å²) >= 11 is 0. The number of nitrogens with zero attached hydrogens (tertiary/aromatic N) is 3. The Morgan fingerprint density at radius 3 is 2.89 bits per heavy atom. The minimum Gasteiger partial charge on any atom is -0.382 e. The third-order valence-electron chi connectivity index (χ3n) is 2.74. The predicted molar refractivity (Wildman–Crippen MR) is 69.3 cm³/mol. The third kappa shape index (κ3) is 1.88. The SMILES string of the molecule is Cc1nn(C)c2ncc(C(N)=O)c(NCCN)c12. The zero-order valence-corrected chi connectivity index (χ0v) is 10.4. The van der Waals surface area contributed by atoms with Crippen molar-refractivity contribution in [3.63, 3.8) is 0 Å². The monoisotopic (exact) mass is 248 g/mol. The van der Waals surface area contributed by atoms with E-state index < -0.39 is 5.91 Å². The fourth-order valence-corrected chi connectivity index (χ4v) is 1.98. The van der Waals surface area contributed by atoms with Crippen molar-refractivity contribution >= 4 is 22.6 Å². The van der Waals surface area contributed by atoms with Gasteiger partial charge in [-0.1, -0.05) is 0 Å². The molecule has 2 rings (SSSR count). The van der Waals surface area contributed by atoms with Gasteiger partial charge in [0.25, 0.3) is 5.91 Å². The van der Waals surface area contributed by atoms with E-state index in [1.54, 1.807) is 11.7 Å². The fourth-order valence-electron chi connectivity index (χ4n) is 1.98. The van der Waals surface area contributed by atoms with Gasteiger partial charge in [0.1, 0.15) is 0 Å². The normalized spacial score (nSPS) is 10.8. The number of rotatable bonds is 4. The molecule has 0 aromatic carbocycles. The summed E-state index contributed by atoms with van der Waals surface area (Å²) < 4.78 is 1.67. The second kappa shape index (κ2) is 4.61. The topological polar surface area (TPSA) is 112 Å². The molecule has 0 bridgehead atoms. The van der Waals surface area contributed by atoms with Crippen LogP contribution >= 0.6 is 0 Å². The summed E-state index contributed by atoms with van der Waals surface area (Å²) in [6, 6.07) is 0. The highest BCUT2D eigenvalue weighted by Gasteiger charge is 2.17. The van der Waals surface area contributed by atoms with Crippen molar-refractivity contribution in [2.75, 3.05) is 18.4 Å². The summed E-state index contributed by atoms with van der Waals surface area (Å²) in [5, 5.41) is 8.22. The van der Waals surface area contributed by atoms with Gasteiger partial charge in [-0.3, -0.25) is 9.48 Å². The van der Waals surface area contributed by atoms with E-state index in [9.17, 15) is 4.79 Å². The molecular formula is C11H16N6O. The van der Waals surface area contributed by atoms with Crippen LogP contribution in [0.2, 0.25) is 0 Å². The molecule has 2 heterocycles. The third-order valence-corrected chi connectivity index (χ3v) is 2.74. The number of nitrogens with one attached hydrogen (secondary N) is 1. The van der Waals surface area contributed by atoms with Crippen LogP contribution < -0.4 is 16.8 Å². The first-order valence-corrected chi connectivity index (χ1v) is 5.62. The summed E-state index contributed by atoms with van der Waals surface area (Å²) in [6.07, 6.45) is 1.46. The van der Waals surface area contributed by atoms with Gasteiger partial charge < -0.3 is 16.8 Å². The van der Waals surface area contributed by atoms with Crippen molar-refractivity contribution < 1.29 is 4.79 Å². The van der Waals surface area contributed by atoms with Crippen molar-refractivity contribution in [2.24, 2.45) is 18.5 Å². The maximum atomic E-state index is 11.4. The molecule has 5 N–H and O–H groups in total. The molecule has 2 aromatic rings. The minimum absolute atomic E-state index is 0.354. The largest absolute Gasteiger partial charge is 0.382 e. The molecule has 96 valence electrons. The first-order chi connectivity index (χ1) is 8.56. The number of fused-ring (bicyclic) bond motifs is 1. The number of anilines is 1. The number of aromatic nitrogens is 3. The molecule has 0 aliphatic rings. The van der Waals surface area contributed by atoms with Crippen LogP contribution in [0.5, 0.6) is 0 Å². The van der Waals surface area contributed by atoms with Gasteiger partial charge in [-0.2, -0.15) is 5.10 Å². The van der Waals surface area contributed by atoms with Crippen LogP contribution in [0.1, 0.15) is 16.1 Å². The molecule has 0 unspecified atom stereocenters.